The van der Waals surface area contributed by atoms with E-state index in [0.717, 1.165) is 10.5 Å². The summed E-state index contributed by atoms with van der Waals surface area (Å²) >= 11 is 0. The molecule has 2 aromatic rings. The SMILES string of the molecule is C[C@H](c1ccncc1)N(C)C(=O)Nc1ccc([S@](C)=O)cc1. The third-order valence-corrected chi connectivity index (χ3v) is 4.46. The van der Waals surface area contributed by atoms with Crippen LogP contribution in [0.4, 0.5) is 10.5 Å². The summed E-state index contributed by atoms with van der Waals surface area (Å²) in [6.45, 7) is 1.96. The lowest BCUT2D eigenvalue weighted by Crippen LogP contribution is -2.33. The third-order valence-electron chi connectivity index (χ3n) is 3.53. The van der Waals surface area contributed by atoms with Crippen LogP contribution < -0.4 is 5.32 Å². The molecule has 22 heavy (non-hydrogen) atoms. The molecule has 1 heterocycles. The normalized spacial score (nSPS) is 13.2. The molecule has 5 nitrogen and oxygen atoms in total. The van der Waals surface area contributed by atoms with Crippen LogP contribution in [-0.4, -0.2) is 33.4 Å². The first kappa shape index (κ1) is 16.2. The summed E-state index contributed by atoms with van der Waals surface area (Å²) in [4.78, 5) is 18.6. The molecular formula is C16H19N3O2S. The fourth-order valence-electron chi connectivity index (χ4n) is 1.98. The Morgan fingerprint density at radius 1 is 1.18 bits per heavy atom. The van der Waals surface area contributed by atoms with Crippen LogP contribution in [0.3, 0.4) is 0 Å². The first-order chi connectivity index (χ1) is 10.5. The molecule has 0 fully saturated rings. The van der Waals surface area contributed by atoms with Gasteiger partial charge >= 0.3 is 6.03 Å². The number of rotatable bonds is 4. The van der Waals surface area contributed by atoms with Crippen molar-refractivity contribution in [1.82, 2.24) is 9.88 Å². The molecule has 1 aromatic heterocycles. The zero-order valence-corrected chi connectivity index (χ0v) is 13.6. The molecule has 1 N–H and O–H groups in total. The third kappa shape index (κ3) is 3.92. The molecule has 0 unspecified atom stereocenters. The van der Waals surface area contributed by atoms with E-state index < -0.39 is 10.8 Å². The highest BCUT2D eigenvalue weighted by Gasteiger charge is 2.17. The average molecular weight is 317 g/mol. The molecule has 0 aliphatic carbocycles. The summed E-state index contributed by atoms with van der Waals surface area (Å²) in [7, 11) is 0.726. The fraction of sp³-hybridized carbons (Fsp3) is 0.250. The number of carbonyl (C=O) groups is 1. The van der Waals surface area contributed by atoms with Gasteiger partial charge in [-0.2, -0.15) is 0 Å². The second-order valence-electron chi connectivity index (χ2n) is 4.98. The van der Waals surface area contributed by atoms with Crippen molar-refractivity contribution in [3.05, 3.63) is 54.4 Å². The number of amides is 2. The van der Waals surface area contributed by atoms with Gasteiger partial charge in [-0.25, -0.2) is 4.79 Å². The van der Waals surface area contributed by atoms with Crippen molar-refractivity contribution in [2.24, 2.45) is 0 Å². The van der Waals surface area contributed by atoms with Crippen molar-refractivity contribution >= 4 is 22.5 Å². The van der Waals surface area contributed by atoms with Gasteiger partial charge in [-0.15, -0.1) is 0 Å². The number of aromatic nitrogens is 1. The van der Waals surface area contributed by atoms with E-state index in [2.05, 4.69) is 10.3 Å². The molecular weight excluding hydrogens is 298 g/mol. The number of nitrogens with zero attached hydrogens (tertiary/aromatic N) is 2. The van der Waals surface area contributed by atoms with Crippen LogP contribution in [0.1, 0.15) is 18.5 Å². The standard InChI is InChI=1S/C16H19N3O2S/c1-12(13-8-10-17-11-9-13)19(2)16(20)18-14-4-6-15(7-5-14)22(3)21/h4-12H,1-3H3,(H,18,20)/t12-,22+/m1/s1. The van der Waals surface area contributed by atoms with Crippen LogP contribution in [0.5, 0.6) is 0 Å². The molecule has 2 atom stereocenters. The second-order valence-corrected chi connectivity index (χ2v) is 6.36. The van der Waals surface area contributed by atoms with Crippen LogP contribution in [0.25, 0.3) is 0 Å². The Balaban J connectivity index is 2.03. The number of hydrogen-bond acceptors (Lipinski definition) is 3. The molecule has 2 rings (SSSR count). The number of anilines is 1. The van der Waals surface area contributed by atoms with Gasteiger partial charge in [-0.1, -0.05) is 0 Å². The van der Waals surface area contributed by atoms with E-state index in [4.69, 9.17) is 0 Å². The van der Waals surface area contributed by atoms with Gasteiger partial charge in [0, 0.05) is 47.1 Å². The number of hydrogen-bond donors (Lipinski definition) is 1. The van der Waals surface area contributed by atoms with Gasteiger partial charge < -0.3 is 10.2 Å². The maximum absolute atomic E-state index is 12.3. The molecule has 2 amide bonds. The molecule has 0 saturated heterocycles. The molecule has 0 aliphatic heterocycles. The van der Waals surface area contributed by atoms with Crippen LogP contribution in [0.15, 0.2) is 53.7 Å². The second kappa shape index (κ2) is 7.17. The van der Waals surface area contributed by atoms with E-state index in [9.17, 15) is 9.00 Å². The first-order valence-corrected chi connectivity index (χ1v) is 8.42. The molecule has 1 aromatic carbocycles. The van der Waals surface area contributed by atoms with Crippen molar-refractivity contribution in [3.8, 4) is 0 Å². The monoisotopic (exact) mass is 317 g/mol. The van der Waals surface area contributed by atoms with Gasteiger partial charge in [-0.05, 0) is 48.9 Å². The van der Waals surface area contributed by atoms with E-state index in [-0.39, 0.29) is 12.1 Å². The zero-order valence-electron chi connectivity index (χ0n) is 12.8. The van der Waals surface area contributed by atoms with Crippen LogP contribution in [0.2, 0.25) is 0 Å². The van der Waals surface area contributed by atoms with E-state index in [1.807, 2.05) is 19.1 Å². The maximum Gasteiger partial charge on any atom is 0.322 e. The Bertz CT molecular complexity index is 659. The first-order valence-electron chi connectivity index (χ1n) is 6.86. The lowest BCUT2D eigenvalue weighted by atomic mass is 10.1. The van der Waals surface area contributed by atoms with Gasteiger partial charge in [0.1, 0.15) is 0 Å². The minimum Gasteiger partial charge on any atom is -0.321 e. The fourth-order valence-corrected chi connectivity index (χ4v) is 2.50. The van der Waals surface area contributed by atoms with Crippen molar-refractivity contribution in [1.29, 1.82) is 0 Å². The number of carbonyl (C=O) groups excluding carboxylic acids is 1. The largest absolute Gasteiger partial charge is 0.322 e. The molecule has 0 bridgehead atoms. The van der Waals surface area contributed by atoms with Gasteiger partial charge in [0.25, 0.3) is 0 Å². The minimum atomic E-state index is -1.02. The van der Waals surface area contributed by atoms with Gasteiger partial charge in [-0.3, -0.25) is 9.19 Å². The maximum atomic E-state index is 12.3. The van der Waals surface area contributed by atoms with Crippen LogP contribution >= 0.6 is 0 Å². The summed E-state index contributed by atoms with van der Waals surface area (Å²) in [6.07, 6.45) is 5.04. The Hall–Kier alpha value is -2.21. The number of urea groups is 1. The lowest BCUT2D eigenvalue weighted by Gasteiger charge is -2.25. The number of benzene rings is 1. The quantitative estimate of drug-likeness (QED) is 0.943. The van der Waals surface area contributed by atoms with Gasteiger partial charge in [0.15, 0.2) is 0 Å². The topological polar surface area (TPSA) is 62.3 Å². The Morgan fingerprint density at radius 3 is 2.32 bits per heavy atom. The summed E-state index contributed by atoms with van der Waals surface area (Å²) in [6, 6.07) is 10.5. The highest BCUT2D eigenvalue weighted by molar-refractivity contribution is 7.84. The minimum absolute atomic E-state index is 0.0644. The summed E-state index contributed by atoms with van der Waals surface area (Å²) < 4.78 is 11.3. The van der Waals surface area contributed by atoms with Gasteiger partial charge in [0.2, 0.25) is 0 Å². The number of nitrogens with one attached hydrogen (secondary N) is 1. The highest BCUT2D eigenvalue weighted by atomic mass is 32.2. The van der Waals surface area contributed by atoms with Crippen molar-refractivity contribution in [3.63, 3.8) is 0 Å². The van der Waals surface area contributed by atoms with Crippen LogP contribution in [-0.2, 0) is 10.8 Å². The van der Waals surface area contributed by atoms with Crippen molar-refractivity contribution in [2.45, 2.75) is 17.9 Å². The van der Waals surface area contributed by atoms with E-state index in [0.29, 0.717) is 5.69 Å². The molecule has 0 saturated carbocycles. The molecule has 0 spiro atoms. The highest BCUT2D eigenvalue weighted by Crippen LogP contribution is 2.19. The summed E-state index contributed by atoms with van der Waals surface area (Å²) in [5.41, 5.74) is 1.69. The smallest absolute Gasteiger partial charge is 0.321 e. The Kier molecular flexibility index (Phi) is 5.27. The summed E-state index contributed by atoms with van der Waals surface area (Å²) in [5, 5.41) is 2.83. The molecule has 6 heteroatoms. The van der Waals surface area contributed by atoms with E-state index in [1.54, 1.807) is 54.9 Å². The average Bonchev–Trinajstić information content (AvgIpc) is 2.54. The predicted octanol–water partition coefficient (Wildman–Crippen LogP) is 3.04. The van der Waals surface area contributed by atoms with E-state index >= 15 is 0 Å². The van der Waals surface area contributed by atoms with Crippen molar-refractivity contribution < 1.29 is 9.00 Å². The molecule has 116 valence electrons. The summed E-state index contributed by atoms with van der Waals surface area (Å²) in [5.74, 6) is 0. The Labute approximate surface area is 132 Å². The molecule has 0 aliphatic rings. The lowest BCUT2D eigenvalue weighted by molar-refractivity contribution is 0.208. The zero-order chi connectivity index (χ0) is 16.1. The Morgan fingerprint density at radius 2 is 1.77 bits per heavy atom. The van der Waals surface area contributed by atoms with Crippen molar-refractivity contribution in [2.75, 3.05) is 18.6 Å². The number of pyridine rings is 1. The predicted molar refractivity (Wildman–Crippen MR) is 88.2 cm³/mol. The van der Waals surface area contributed by atoms with Gasteiger partial charge in [0.05, 0.1) is 6.04 Å². The van der Waals surface area contributed by atoms with E-state index in [1.165, 1.54) is 0 Å². The molecule has 0 radical (unpaired) electrons. The van der Waals surface area contributed by atoms with Crippen LogP contribution in [0, 0.1) is 0 Å².